The molecule has 0 atom stereocenters. The minimum Gasteiger partial charge on any atom is -0.234 e. The van der Waals surface area contributed by atoms with Gasteiger partial charge in [-0.15, -0.1) is 10.2 Å². The molecule has 47 valence electrons. The molecule has 0 unspecified atom stereocenters. The topological polar surface area (TPSA) is 51.6 Å². The molecule has 2 heterocycles. The zero-order valence-electron chi connectivity index (χ0n) is 5.02. The highest BCUT2D eigenvalue weighted by Gasteiger charge is 1.91. The minimum absolute atomic E-state index is 0.557. The van der Waals surface area contributed by atoms with Crippen LogP contribution in [0.15, 0.2) is 18.3 Å². The predicted octanol–water partition coefficient (Wildman–Crippen LogP) is 0.220. The Morgan fingerprint density at radius 1 is 1.40 bits per heavy atom. The Kier molecular flexibility index (Phi) is 1.04. The summed E-state index contributed by atoms with van der Waals surface area (Å²) in [4.78, 5) is 7.75. The molecule has 0 N–H and O–H groups in total. The van der Waals surface area contributed by atoms with Crippen LogP contribution in [0.2, 0.25) is 0 Å². The van der Waals surface area contributed by atoms with Crippen molar-refractivity contribution in [1.82, 2.24) is 20.2 Å². The van der Waals surface area contributed by atoms with Crippen LogP contribution in [0, 0.1) is 6.33 Å². The molecule has 0 saturated carbocycles. The largest absolute Gasteiger partial charge is 0.234 e. The second kappa shape index (κ2) is 1.98. The molecule has 10 heavy (non-hydrogen) atoms. The summed E-state index contributed by atoms with van der Waals surface area (Å²) in [5, 5.41) is 7.17. The maximum Gasteiger partial charge on any atom is 0.222 e. The normalized spacial score (nSPS) is 10.0. The van der Waals surface area contributed by atoms with Gasteiger partial charge in [-0.3, -0.25) is 0 Å². The number of hydrogen-bond acceptors (Lipinski definition) is 4. The lowest BCUT2D eigenvalue weighted by molar-refractivity contribution is 0.990. The van der Waals surface area contributed by atoms with Gasteiger partial charge in [-0.25, -0.2) is 9.97 Å². The second-order valence-corrected chi connectivity index (χ2v) is 1.76. The van der Waals surface area contributed by atoms with E-state index in [9.17, 15) is 0 Å². The fraction of sp³-hybridized carbons (Fsp3) is 0. The molecule has 0 aliphatic rings. The van der Waals surface area contributed by atoms with Crippen molar-refractivity contribution in [2.45, 2.75) is 0 Å². The van der Waals surface area contributed by atoms with Crippen LogP contribution in [-0.2, 0) is 0 Å². The summed E-state index contributed by atoms with van der Waals surface area (Å²) in [5.74, 6) is 0. The van der Waals surface area contributed by atoms with Gasteiger partial charge in [0.1, 0.15) is 5.52 Å². The van der Waals surface area contributed by atoms with Gasteiger partial charge in [-0.2, -0.15) is 0 Å². The summed E-state index contributed by atoms with van der Waals surface area (Å²) in [6.45, 7) is 0. The lowest BCUT2D eigenvalue weighted by Gasteiger charge is -1.87. The van der Waals surface area contributed by atoms with E-state index in [-0.39, 0.29) is 0 Å². The molecule has 1 radical (unpaired) electrons. The van der Waals surface area contributed by atoms with Crippen LogP contribution in [-0.4, -0.2) is 20.2 Å². The van der Waals surface area contributed by atoms with Gasteiger partial charge in [0.2, 0.25) is 6.33 Å². The van der Waals surface area contributed by atoms with Crippen LogP contribution in [0.4, 0.5) is 0 Å². The van der Waals surface area contributed by atoms with E-state index < -0.39 is 0 Å². The quantitative estimate of drug-likeness (QED) is 0.513. The third-order valence-electron chi connectivity index (χ3n) is 1.13. The van der Waals surface area contributed by atoms with Crippen LogP contribution in [0.25, 0.3) is 11.2 Å². The van der Waals surface area contributed by atoms with E-state index in [0.29, 0.717) is 5.65 Å². The molecule has 0 aromatic carbocycles. The first-order valence-electron chi connectivity index (χ1n) is 2.78. The molecule has 4 heteroatoms. The molecule has 0 fully saturated rings. The predicted molar refractivity (Wildman–Crippen MR) is 34.0 cm³/mol. The highest BCUT2D eigenvalue weighted by molar-refractivity contribution is 5.67. The summed E-state index contributed by atoms with van der Waals surface area (Å²) in [5.41, 5.74) is 1.28. The van der Waals surface area contributed by atoms with Gasteiger partial charge in [0.25, 0.3) is 0 Å². The van der Waals surface area contributed by atoms with Crippen LogP contribution in [0.5, 0.6) is 0 Å². The zero-order valence-corrected chi connectivity index (χ0v) is 5.02. The van der Waals surface area contributed by atoms with Crippen molar-refractivity contribution < 1.29 is 0 Å². The molecule has 2 aromatic heterocycles. The molecule has 0 aliphatic heterocycles. The average Bonchev–Trinajstić information content (AvgIpc) is 2.05. The first-order valence-corrected chi connectivity index (χ1v) is 2.78. The van der Waals surface area contributed by atoms with E-state index in [1.165, 1.54) is 0 Å². The first kappa shape index (κ1) is 5.22. The molecule has 4 nitrogen and oxygen atoms in total. The van der Waals surface area contributed by atoms with Gasteiger partial charge in [-0.05, 0) is 12.1 Å². The van der Waals surface area contributed by atoms with Gasteiger partial charge < -0.3 is 0 Å². The van der Waals surface area contributed by atoms with Gasteiger partial charge in [0.15, 0.2) is 5.65 Å². The Morgan fingerprint density at radius 2 is 2.40 bits per heavy atom. The van der Waals surface area contributed by atoms with Crippen molar-refractivity contribution in [2.75, 3.05) is 0 Å². The Balaban J connectivity index is 2.89. The summed E-state index contributed by atoms with van der Waals surface area (Å²) in [7, 11) is 0. The van der Waals surface area contributed by atoms with E-state index in [0.717, 1.165) is 5.52 Å². The molecule has 0 amide bonds. The summed E-state index contributed by atoms with van der Waals surface area (Å²) in [6.07, 6.45) is 4.04. The van der Waals surface area contributed by atoms with Crippen molar-refractivity contribution in [1.29, 1.82) is 0 Å². The molecular formula is C6H3N4. The fourth-order valence-electron chi connectivity index (χ4n) is 0.699. The summed E-state index contributed by atoms with van der Waals surface area (Å²) < 4.78 is 0. The molecule has 2 rings (SSSR count). The molecular weight excluding hydrogens is 128 g/mol. The van der Waals surface area contributed by atoms with E-state index in [4.69, 9.17) is 0 Å². The Morgan fingerprint density at radius 3 is 3.30 bits per heavy atom. The van der Waals surface area contributed by atoms with E-state index in [1.54, 1.807) is 12.3 Å². The maximum absolute atomic E-state index is 3.93. The number of pyridine rings is 1. The number of hydrogen-bond donors (Lipinski definition) is 0. The van der Waals surface area contributed by atoms with Crippen molar-refractivity contribution >= 4 is 11.2 Å². The van der Waals surface area contributed by atoms with Crippen LogP contribution >= 0.6 is 0 Å². The van der Waals surface area contributed by atoms with E-state index in [1.807, 2.05) is 6.07 Å². The smallest absolute Gasteiger partial charge is 0.222 e. The number of nitrogens with zero attached hydrogens (tertiary/aromatic N) is 4. The van der Waals surface area contributed by atoms with Crippen molar-refractivity contribution in [3.05, 3.63) is 24.7 Å². The van der Waals surface area contributed by atoms with Gasteiger partial charge in [0, 0.05) is 6.20 Å². The van der Waals surface area contributed by atoms with Crippen LogP contribution < -0.4 is 0 Å². The van der Waals surface area contributed by atoms with Gasteiger partial charge >= 0.3 is 0 Å². The summed E-state index contributed by atoms with van der Waals surface area (Å²) >= 11 is 0. The third kappa shape index (κ3) is 0.699. The van der Waals surface area contributed by atoms with Gasteiger partial charge in [0.05, 0.1) is 0 Å². The Labute approximate surface area is 57.0 Å². The SMILES string of the molecule is [c]1nnc2ncccc2n1. The first-order chi connectivity index (χ1) is 4.97. The third-order valence-corrected chi connectivity index (χ3v) is 1.13. The fourth-order valence-corrected chi connectivity index (χ4v) is 0.699. The van der Waals surface area contributed by atoms with Gasteiger partial charge in [-0.1, -0.05) is 0 Å². The second-order valence-electron chi connectivity index (χ2n) is 1.76. The lowest BCUT2D eigenvalue weighted by atomic mass is 10.4. The highest BCUT2D eigenvalue weighted by atomic mass is 15.2. The average molecular weight is 131 g/mol. The minimum atomic E-state index is 0.557. The lowest BCUT2D eigenvalue weighted by Crippen LogP contribution is -1.88. The Hall–Kier alpha value is -1.58. The number of aromatic nitrogens is 4. The van der Waals surface area contributed by atoms with Crippen molar-refractivity contribution in [2.24, 2.45) is 0 Å². The van der Waals surface area contributed by atoms with Crippen molar-refractivity contribution in [3.8, 4) is 0 Å². The molecule has 0 spiro atoms. The molecule has 0 aliphatic carbocycles. The molecule has 2 aromatic rings. The number of rotatable bonds is 0. The highest BCUT2D eigenvalue weighted by Crippen LogP contribution is 1.98. The van der Waals surface area contributed by atoms with Crippen LogP contribution in [0.1, 0.15) is 0 Å². The van der Waals surface area contributed by atoms with Crippen molar-refractivity contribution in [3.63, 3.8) is 0 Å². The monoisotopic (exact) mass is 131 g/mol. The summed E-state index contributed by atoms with van der Waals surface area (Å²) in [6, 6.07) is 3.61. The maximum atomic E-state index is 3.93. The standard InChI is InChI=1S/C6H3N4/c1-2-5-6(7-3-1)10-9-4-8-5/h1-3H. The van der Waals surface area contributed by atoms with E-state index in [2.05, 4.69) is 26.5 Å². The zero-order chi connectivity index (χ0) is 6.81. The Bertz CT molecular complexity index is 281. The van der Waals surface area contributed by atoms with E-state index >= 15 is 0 Å². The molecule has 0 bridgehead atoms. The van der Waals surface area contributed by atoms with Crippen LogP contribution in [0.3, 0.4) is 0 Å². The molecule has 0 saturated heterocycles. The number of fused-ring (bicyclic) bond motifs is 1.